The Labute approximate surface area is 287 Å². The minimum Gasteiger partial charge on any atom is -0.497 e. The molecule has 11 nitrogen and oxygen atoms in total. The van der Waals surface area contributed by atoms with Gasteiger partial charge in [-0.05, 0) is 61.7 Å². The smallest absolute Gasteiger partial charge is 0.273 e. The predicted octanol–water partition coefficient (Wildman–Crippen LogP) is 5.97. The normalized spacial score (nSPS) is 11.8. The van der Waals surface area contributed by atoms with E-state index >= 15 is 0 Å². The van der Waals surface area contributed by atoms with Crippen LogP contribution in [0.15, 0.2) is 102 Å². The van der Waals surface area contributed by atoms with Gasteiger partial charge in [0.2, 0.25) is 11.8 Å². The standard InChI is InChI=1S/C37H42N4O7S/c1-5-6-22-38-37(43)35(23-29-10-8-7-9-11-29)39(25-30-15-12-27(2)13-16-30)36(42)26-40(31-17-19-32(48-4)20-18-31)49(46,47)33-21-14-28(3)34(24-33)41(44)45/h7-21,24,35H,5-6,22-23,25-26H2,1-4H3,(H,38,43). The largest absolute Gasteiger partial charge is 0.497 e. The van der Waals surface area contributed by atoms with Gasteiger partial charge in [0.15, 0.2) is 0 Å². The Bertz CT molecular complexity index is 1850. The van der Waals surface area contributed by atoms with Crippen LogP contribution in [0, 0.1) is 24.0 Å². The number of methoxy groups -OCH3 is 1. The number of ether oxygens (including phenoxy) is 1. The van der Waals surface area contributed by atoms with Crippen molar-refractivity contribution in [1.29, 1.82) is 0 Å². The third-order valence-corrected chi connectivity index (χ3v) is 9.95. The summed E-state index contributed by atoms with van der Waals surface area (Å²) >= 11 is 0. The molecule has 4 aromatic rings. The number of unbranched alkanes of at least 4 members (excludes halogenated alkanes) is 1. The summed E-state index contributed by atoms with van der Waals surface area (Å²) in [5, 5.41) is 14.7. The number of sulfonamides is 1. The highest BCUT2D eigenvalue weighted by Gasteiger charge is 2.35. The van der Waals surface area contributed by atoms with Crippen molar-refractivity contribution in [3.63, 3.8) is 0 Å². The lowest BCUT2D eigenvalue weighted by molar-refractivity contribution is -0.385. The molecular formula is C37H42N4O7S. The summed E-state index contributed by atoms with van der Waals surface area (Å²) < 4.78 is 34.8. The number of rotatable bonds is 16. The lowest BCUT2D eigenvalue weighted by atomic mass is 10.0. The zero-order valence-electron chi connectivity index (χ0n) is 28.2. The van der Waals surface area contributed by atoms with Crippen molar-refractivity contribution < 1.29 is 27.7 Å². The SMILES string of the molecule is CCCCNC(=O)C(Cc1ccccc1)N(Cc1ccc(C)cc1)C(=O)CN(c1ccc(OC)cc1)S(=O)(=O)c1ccc(C)c([N+](=O)[O-])c1. The van der Waals surface area contributed by atoms with Gasteiger partial charge in [-0.2, -0.15) is 0 Å². The molecule has 0 aliphatic heterocycles. The first kappa shape index (κ1) is 36.6. The monoisotopic (exact) mass is 686 g/mol. The number of carbonyl (C=O) groups is 2. The Hall–Kier alpha value is -5.23. The minimum absolute atomic E-state index is 0.0321. The van der Waals surface area contributed by atoms with Crippen LogP contribution in [-0.2, 0) is 32.6 Å². The molecule has 0 saturated carbocycles. The van der Waals surface area contributed by atoms with E-state index in [2.05, 4.69) is 5.32 Å². The molecule has 2 amide bonds. The quantitative estimate of drug-likeness (QED) is 0.0870. The third kappa shape index (κ3) is 9.44. The molecule has 0 aromatic heterocycles. The summed E-state index contributed by atoms with van der Waals surface area (Å²) in [7, 11) is -3.06. The molecule has 0 bridgehead atoms. The Balaban J connectivity index is 1.82. The Morgan fingerprint density at radius 2 is 1.59 bits per heavy atom. The molecule has 1 unspecified atom stereocenters. The van der Waals surface area contributed by atoms with Crippen molar-refractivity contribution in [2.24, 2.45) is 0 Å². The van der Waals surface area contributed by atoms with Crippen molar-refractivity contribution in [2.45, 2.75) is 57.5 Å². The number of nitro benzene ring substituents is 1. The van der Waals surface area contributed by atoms with Gasteiger partial charge in [0, 0.05) is 31.1 Å². The maximum Gasteiger partial charge on any atom is 0.273 e. The van der Waals surface area contributed by atoms with Crippen LogP contribution in [0.25, 0.3) is 0 Å². The number of carbonyl (C=O) groups excluding carboxylic acids is 2. The first-order chi connectivity index (χ1) is 23.4. The van der Waals surface area contributed by atoms with Crippen molar-refractivity contribution in [1.82, 2.24) is 10.2 Å². The molecule has 0 radical (unpaired) electrons. The molecule has 1 N–H and O–H groups in total. The van der Waals surface area contributed by atoms with E-state index in [1.165, 1.54) is 43.2 Å². The third-order valence-electron chi connectivity index (χ3n) is 8.18. The average Bonchev–Trinajstić information content (AvgIpc) is 3.10. The molecule has 0 aliphatic carbocycles. The van der Waals surface area contributed by atoms with Crippen LogP contribution < -0.4 is 14.4 Å². The van der Waals surface area contributed by atoms with E-state index in [9.17, 15) is 28.1 Å². The van der Waals surface area contributed by atoms with Crippen molar-refractivity contribution >= 4 is 33.2 Å². The van der Waals surface area contributed by atoms with Gasteiger partial charge >= 0.3 is 0 Å². The predicted molar refractivity (Wildman–Crippen MR) is 189 cm³/mol. The van der Waals surface area contributed by atoms with Crippen LogP contribution in [0.5, 0.6) is 5.75 Å². The maximum atomic E-state index is 14.6. The number of nitrogens with zero attached hydrogens (tertiary/aromatic N) is 3. The summed E-state index contributed by atoms with van der Waals surface area (Å²) in [5.41, 5.74) is 2.66. The molecule has 0 heterocycles. The van der Waals surface area contributed by atoms with E-state index in [-0.39, 0.29) is 40.7 Å². The number of aryl methyl sites for hydroxylation is 2. The van der Waals surface area contributed by atoms with Crippen LogP contribution in [0.4, 0.5) is 11.4 Å². The first-order valence-corrected chi connectivity index (χ1v) is 17.5. The summed E-state index contributed by atoms with van der Waals surface area (Å²) in [6.45, 7) is 5.24. The van der Waals surface area contributed by atoms with Crippen LogP contribution in [0.2, 0.25) is 0 Å². The molecule has 49 heavy (non-hydrogen) atoms. The number of amides is 2. The molecular weight excluding hydrogens is 644 g/mol. The lowest BCUT2D eigenvalue weighted by Crippen LogP contribution is -2.53. The zero-order chi connectivity index (χ0) is 35.6. The van der Waals surface area contributed by atoms with Gasteiger partial charge in [-0.25, -0.2) is 8.42 Å². The molecule has 0 fully saturated rings. The summed E-state index contributed by atoms with van der Waals surface area (Å²) in [5.74, 6) is -0.523. The van der Waals surface area contributed by atoms with E-state index in [1.807, 2.05) is 68.4 Å². The fraction of sp³-hybridized carbons (Fsp3) is 0.297. The highest BCUT2D eigenvalue weighted by molar-refractivity contribution is 7.92. The molecule has 12 heteroatoms. The minimum atomic E-state index is -4.54. The fourth-order valence-corrected chi connectivity index (χ4v) is 6.74. The topological polar surface area (TPSA) is 139 Å². The van der Waals surface area contributed by atoms with E-state index in [1.54, 1.807) is 12.1 Å². The summed E-state index contributed by atoms with van der Waals surface area (Å²) in [6.07, 6.45) is 1.80. The van der Waals surface area contributed by atoms with E-state index in [0.717, 1.165) is 39.9 Å². The maximum absolute atomic E-state index is 14.6. The first-order valence-electron chi connectivity index (χ1n) is 16.0. The highest BCUT2D eigenvalue weighted by atomic mass is 32.2. The molecule has 0 saturated heterocycles. The Kier molecular flexibility index (Phi) is 12.5. The number of nitrogens with one attached hydrogen (secondary N) is 1. The molecule has 0 spiro atoms. The highest BCUT2D eigenvalue weighted by Crippen LogP contribution is 2.30. The molecule has 4 aromatic carbocycles. The van der Waals surface area contributed by atoms with E-state index < -0.39 is 33.4 Å². The van der Waals surface area contributed by atoms with Crippen LogP contribution in [0.3, 0.4) is 0 Å². The van der Waals surface area contributed by atoms with Crippen molar-refractivity contribution in [3.8, 4) is 5.75 Å². The number of nitro groups is 1. The van der Waals surface area contributed by atoms with Gasteiger partial charge in [0.05, 0.1) is 22.6 Å². The Morgan fingerprint density at radius 3 is 2.20 bits per heavy atom. The second-order valence-electron chi connectivity index (χ2n) is 11.8. The average molecular weight is 687 g/mol. The molecule has 0 aliphatic rings. The van der Waals surface area contributed by atoms with Gasteiger partial charge < -0.3 is 15.0 Å². The number of benzene rings is 4. The molecule has 258 valence electrons. The van der Waals surface area contributed by atoms with Gasteiger partial charge in [-0.15, -0.1) is 0 Å². The van der Waals surface area contributed by atoms with Crippen LogP contribution >= 0.6 is 0 Å². The number of anilines is 1. The number of hydrogen-bond acceptors (Lipinski definition) is 7. The summed E-state index contributed by atoms with van der Waals surface area (Å²) in [4.78, 5) is 40.6. The van der Waals surface area contributed by atoms with Gasteiger partial charge in [0.1, 0.15) is 18.3 Å². The van der Waals surface area contributed by atoms with Crippen LogP contribution in [0.1, 0.15) is 42.0 Å². The zero-order valence-corrected chi connectivity index (χ0v) is 29.0. The van der Waals surface area contributed by atoms with E-state index in [4.69, 9.17) is 4.74 Å². The van der Waals surface area contributed by atoms with Crippen molar-refractivity contribution in [2.75, 3.05) is 24.5 Å². The van der Waals surface area contributed by atoms with E-state index in [0.29, 0.717) is 12.3 Å². The van der Waals surface area contributed by atoms with Gasteiger partial charge in [-0.1, -0.05) is 79.6 Å². The van der Waals surface area contributed by atoms with Crippen LogP contribution in [-0.4, -0.2) is 56.3 Å². The second-order valence-corrected chi connectivity index (χ2v) is 13.6. The fourth-order valence-electron chi connectivity index (χ4n) is 5.30. The number of hydrogen-bond donors (Lipinski definition) is 1. The summed E-state index contributed by atoms with van der Waals surface area (Å²) in [6, 6.07) is 25.6. The van der Waals surface area contributed by atoms with Gasteiger partial charge in [0.25, 0.3) is 15.7 Å². The molecule has 4 rings (SSSR count). The van der Waals surface area contributed by atoms with Gasteiger partial charge in [-0.3, -0.25) is 24.0 Å². The second kappa shape index (κ2) is 16.7. The Morgan fingerprint density at radius 1 is 0.918 bits per heavy atom. The molecule has 1 atom stereocenters. The van der Waals surface area contributed by atoms with Crippen molar-refractivity contribution in [3.05, 3.63) is 129 Å². The lowest BCUT2D eigenvalue weighted by Gasteiger charge is -2.34.